The Morgan fingerprint density at radius 3 is 2.50 bits per heavy atom. The van der Waals surface area contributed by atoms with Gasteiger partial charge in [0, 0.05) is 12.1 Å². The molecule has 28 heavy (non-hydrogen) atoms. The zero-order chi connectivity index (χ0) is 20.9. The Kier molecular flexibility index (Phi) is 6.68. The van der Waals surface area contributed by atoms with Gasteiger partial charge in [0.05, 0.1) is 4.90 Å². The molecule has 0 bridgehead atoms. The number of sulfonamides is 1. The fraction of sp³-hybridized carbons (Fsp3) is 0.278. The molecule has 0 aliphatic rings. The fourth-order valence-corrected chi connectivity index (χ4v) is 3.07. The molecule has 0 heterocycles. The van der Waals surface area contributed by atoms with Crippen LogP contribution in [0.1, 0.15) is 21.5 Å². The van der Waals surface area contributed by atoms with Crippen molar-refractivity contribution < 1.29 is 31.1 Å². The Bertz CT molecular complexity index is 960. The molecule has 2 aromatic carbocycles. The van der Waals surface area contributed by atoms with Crippen LogP contribution in [0.2, 0.25) is 0 Å². The molecule has 0 aliphatic carbocycles. The average molecular weight is 416 g/mol. The first-order valence-electron chi connectivity index (χ1n) is 8.13. The summed E-state index contributed by atoms with van der Waals surface area (Å²) in [6, 6.07) is 10.1. The summed E-state index contributed by atoms with van der Waals surface area (Å²) in [6.45, 7) is 0.287. The minimum atomic E-state index is -4.44. The quantitative estimate of drug-likeness (QED) is 0.727. The van der Waals surface area contributed by atoms with Crippen molar-refractivity contribution in [2.75, 3.05) is 13.7 Å². The molecule has 6 nitrogen and oxygen atoms in total. The van der Waals surface area contributed by atoms with E-state index in [0.717, 1.165) is 0 Å². The van der Waals surface area contributed by atoms with Crippen molar-refractivity contribution in [1.82, 2.24) is 10.0 Å². The molecule has 0 radical (unpaired) electrons. The van der Waals surface area contributed by atoms with Crippen molar-refractivity contribution >= 4 is 15.9 Å². The van der Waals surface area contributed by atoms with Crippen molar-refractivity contribution in [3.8, 4) is 5.75 Å². The van der Waals surface area contributed by atoms with E-state index in [1.165, 1.54) is 43.4 Å². The number of hydrogen-bond acceptors (Lipinski definition) is 4. The fourth-order valence-electron chi connectivity index (χ4n) is 2.32. The minimum Gasteiger partial charge on any atom is -0.484 e. The topological polar surface area (TPSA) is 84.5 Å². The zero-order valence-corrected chi connectivity index (χ0v) is 15.9. The molecule has 0 aromatic heterocycles. The van der Waals surface area contributed by atoms with Crippen LogP contribution in [-0.4, -0.2) is 34.2 Å². The largest absolute Gasteiger partial charge is 0.484 e. The Hall–Kier alpha value is -2.59. The SMILES string of the molecule is CNS(=O)(=O)c1ccc(C)c(C(=O)NCc2cccc(OCC(F)(F)F)c2)c1. The lowest BCUT2D eigenvalue weighted by Gasteiger charge is -2.12. The minimum absolute atomic E-state index is 0.0300. The average Bonchev–Trinajstić information content (AvgIpc) is 2.64. The number of nitrogens with one attached hydrogen (secondary N) is 2. The van der Waals surface area contributed by atoms with Crippen LogP contribution in [0.3, 0.4) is 0 Å². The van der Waals surface area contributed by atoms with Crippen molar-refractivity contribution in [3.05, 3.63) is 59.2 Å². The Labute approximate surface area is 160 Å². The van der Waals surface area contributed by atoms with Crippen molar-refractivity contribution in [2.24, 2.45) is 0 Å². The Morgan fingerprint density at radius 2 is 1.86 bits per heavy atom. The van der Waals surface area contributed by atoms with Crippen molar-refractivity contribution in [1.29, 1.82) is 0 Å². The van der Waals surface area contributed by atoms with E-state index in [4.69, 9.17) is 0 Å². The van der Waals surface area contributed by atoms with Gasteiger partial charge in [0.2, 0.25) is 10.0 Å². The van der Waals surface area contributed by atoms with E-state index in [1.807, 2.05) is 0 Å². The summed E-state index contributed by atoms with van der Waals surface area (Å²) in [6.07, 6.45) is -4.44. The van der Waals surface area contributed by atoms with Crippen LogP contribution in [0.5, 0.6) is 5.75 Å². The number of aryl methyl sites for hydroxylation is 1. The van der Waals surface area contributed by atoms with E-state index in [0.29, 0.717) is 11.1 Å². The predicted octanol–water partition coefficient (Wildman–Crippen LogP) is 2.77. The summed E-state index contributed by atoms with van der Waals surface area (Å²) in [5, 5.41) is 2.62. The maximum absolute atomic E-state index is 12.4. The monoisotopic (exact) mass is 416 g/mol. The zero-order valence-electron chi connectivity index (χ0n) is 15.1. The lowest BCUT2D eigenvalue weighted by Crippen LogP contribution is -2.25. The molecule has 0 saturated carbocycles. The van der Waals surface area contributed by atoms with Crippen molar-refractivity contribution in [2.45, 2.75) is 24.5 Å². The van der Waals surface area contributed by atoms with E-state index >= 15 is 0 Å². The molecule has 1 amide bonds. The Balaban J connectivity index is 2.09. The van der Waals surface area contributed by atoms with Gasteiger partial charge in [-0.2, -0.15) is 13.2 Å². The second-order valence-corrected chi connectivity index (χ2v) is 7.80. The molecule has 0 atom stereocenters. The summed E-state index contributed by atoms with van der Waals surface area (Å²) in [7, 11) is -2.43. The number of hydrogen-bond donors (Lipinski definition) is 2. The molecule has 0 fully saturated rings. The molecule has 0 spiro atoms. The first-order chi connectivity index (χ1) is 13.0. The molecule has 10 heteroatoms. The number of amides is 1. The highest BCUT2D eigenvalue weighted by atomic mass is 32.2. The summed E-state index contributed by atoms with van der Waals surface area (Å²) in [4.78, 5) is 12.4. The maximum Gasteiger partial charge on any atom is 0.422 e. The van der Waals surface area contributed by atoms with Crippen LogP contribution in [0.15, 0.2) is 47.4 Å². The second kappa shape index (κ2) is 8.61. The third-order valence-corrected chi connectivity index (χ3v) is 5.20. The van der Waals surface area contributed by atoms with Crippen LogP contribution in [0.4, 0.5) is 13.2 Å². The number of carbonyl (C=O) groups excluding carboxylic acids is 1. The molecule has 2 aromatic rings. The van der Waals surface area contributed by atoms with Gasteiger partial charge in [-0.15, -0.1) is 0 Å². The van der Waals surface area contributed by atoms with Gasteiger partial charge in [-0.05, 0) is 49.4 Å². The normalized spacial score (nSPS) is 11.9. The van der Waals surface area contributed by atoms with E-state index < -0.39 is 28.7 Å². The van der Waals surface area contributed by atoms with Gasteiger partial charge in [0.1, 0.15) is 5.75 Å². The number of alkyl halides is 3. The van der Waals surface area contributed by atoms with Crippen LogP contribution < -0.4 is 14.8 Å². The summed E-state index contributed by atoms with van der Waals surface area (Å²) >= 11 is 0. The van der Waals surface area contributed by atoms with Gasteiger partial charge in [-0.25, -0.2) is 13.1 Å². The molecule has 0 aliphatic heterocycles. The van der Waals surface area contributed by atoms with Gasteiger partial charge in [0.15, 0.2) is 6.61 Å². The van der Waals surface area contributed by atoms with Gasteiger partial charge < -0.3 is 10.1 Å². The van der Waals surface area contributed by atoms with Crippen LogP contribution in [0.25, 0.3) is 0 Å². The molecule has 0 unspecified atom stereocenters. The van der Waals surface area contributed by atoms with Crippen molar-refractivity contribution in [3.63, 3.8) is 0 Å². The lowest BCUT2D eigenvalue weighted by molar-refractivity contribution is -0.153. The molecule has 2 N–H and O–H groups in total. The molecule has 152 valence electrons. The van der Waals surface area contributed by atoms with Crippen LogP contribution >= 0.6 is 0 Å². The van der Waals surface area contributed by atoms with Gasteiger partial charge in [-0.1, -0.05) is 18.2 Å². The molecular weight excluding hydrogens is 397 g/mol. The number of rotatable bonds is 7. The number of ether oxygens (including phenoxy) is 1. The standard InChI is InChI=1S/C18H19F3N2O4S/c1-12-6-7-15(28(25,26)22-2)9-16(12)17(24)23-10-13-4-3-5-14(8-13)27-11-18(19,20)21/h3-9,22H,10-11H2,1-2H3,(H,23,24). The number of halogens is 3. The lowest BCUT2D eigenvalue weighted by atomic mass is 10.1. The predicted molar refractivity (Wildman–Crippen MR) is 96.6 cm³/mol. The van der Waals surface area contributed by atoms with Gasteiger partial charge >= 0.3 is 6.18 Å². The van der Waals surface area contributed by atoms with E-state index in [-0.39, 0.29) is 22.8 Å². The van der Waals surface area contributed by atoms with Crippen LogP contribution in [-0.2, 0) is 16.6 Å². The first-order valence-corrected chi connectivity index (χ1v) is 9.61. The summed E-state index contributed by atoms with van der Waals surface area (Å²) in [5.74, 6) is -0.477. The number of carbonyl (C=O) groups is 1. The highest BCUT2D eigenvalue weighted by molar-refractivity contribution is 7.89. The first kappa shape index (κ1) is 21.7. The van der Waals surface area contributed by atoms with Crippen LogP contribution in [0, 0.1) is 6.92 Å². The maximum atomic E-state index is 12.4. The molecular formula is C18H19F3N2O4S. The third kappa shape index (κ3) is 5.96. The highest BCUT2D eigenvalue weighted by Crippen LogP contribution is 2.20. The molecule has 0 saturated heterocycles. The van der Waals surface area contributed by atoms with Gasteiger partial charge in [0.25, 0.3) is 5.91 Å². The van der Waals surface area contributed by atoms with E-state index in [1.54, 1.807) is 13.0 Å². The summed E-state index contributed by atoms with van der Waals surface area (Å²) < 4.78 is 67.4. The second-order valence-electron chi connectivity index (χ2n) is 5.92. The van der Waals surface area contributed by atoms with E-state index in [9.17, 15) is 26.4 Å². The third-order valence-electron chi connectivity index (χ3n) is 3.79. The van der Waals surface area contributed by atoms with E-state index in [2.05, 4.69) is 14.8 Å². The Morgan fingerprint density at radius 1 is 1.14 bits per heavy atom. The van der Waals surface area contributed by atoms with Gasteiger partial charge in [-0.3, -0.25) is 4.79 Å². The smallest absolute Gasteiger partial charge is 0.422 e. The summed E-state index contributed by atoms with van der Waals surface area (Å²) in [5.41, 5.74) is 1.29. The highest BCUT2D eigenvalue weighted by Gasteiger charge is 2.28. The molecule has 2 rings (SSSR count). The number of benzene rings is 2.